The van der Waals surface area contributed by atoms with E-state index in [1.54, 1.807) is 12.1 Å². The molecule has 0 radical (unpaired) electrons. The number of hydrogen-bond acceptors (Lipinski definition) is 3. The van der Waals surface area contributed by atoms with Crippen LogP contribution in [0.1, 0.15) is 29.0 Å². The van der Waals surface area contributed by atoms with Gasteiger partial charge in [0.15, 0.2) is 0 Å². The van der Waals surface area contributed by atoms with Gasteiger partial charge in [0.05, 0.1) is 6.61 Å². The van der Waals surface area contributed by atoms with Crippen LogP contribution in [0.5, 0.6) is 5.75 Å². The SMILES string of the molecule is CNCCC(c1ccccc1)c1cc(CO)ccc1O. The van der Waals surface area contributed by atoms with Crippen LogP contribution in [0.3, 0.4) is 0 Å². The molecule has 0 aromatic heterocycles. The van der Waals surface area contributed by atoms with Crippen molar-refractivity contribution in [1.82, 2.24) is 5.32 Å². The average molecular weight is 271 g/mol. The van der Waals surface area contributed by atoms with Gasteiger partial charge in [0.25, 0.3) is 0 Å². The maximum absolute atomic E-state index is 10.2. The minimum Gasteiger partial charge on any atom is -0.508 e. The number of benzene rings is 2. The van der Waals surface area contributed by atoms with Gasteiger partial charge in [0, 0.05) is 11.5 Å². The standard InChI is InChI=1S/C17H21NO2/c1-18-10-9-15(14-5-3-2-4-6-14)16-11-13(12-19)7-8-17(16)20/h2-8,11,15,18-20H,9-10,12H2,1H3. The maximum Gasteiger partial charge on any atom is 0.119 e. The Morgan fingerprint density at radius 2 is 1.85 bits per heavy atom. The van der Waals surface area contributed by atoms with Gasteiger partial charge in [-0.05, 0) is 43.3 Å². The Balaban J connectivity index is 2.40. The van der Waals surface area contributed by atoms with Gasteiger partial charge < -0.3 is 15.5 Å². The number of rotatable bonds is 6. The van der Waals surface area contributed by atoms with Gasteiger partial charge >= 0.3 is 0 Å². The molecule has 0 heterocycles. The van der Waals surface area contributed by atoms with E-state index in [9.17, 15) is 10.2 Å². The molecule has 2 aromatic rings. The lowest BCUT2D eigenvalue weighted by Crippen LogP contribution is -2.13. The molecule has 1 atom stereocenters. The third-order valence-corrected chi connectivity index (χ3v) is 3.53. The monoisotopic (exact) mass is 271 g/mol. The Labute approximate surface area is 119 Å². The highest BCUT2D eigenvalue weighted by molar-refractivity contribution is 5.43. The Bertz CT molecular complexity index is 540. The van der Waals surface area contributed by atoms with Gasteiger partial charge in [-0.1, -0.05) is 36.4 Å². The zero-order chi connectivity index (χ0) is 14.4. The minimum atomic E-state index is -0.0131. The fraction of sp³-hybridized carbons (Fsp3) is 0.294. The van der Waals surface area contributed by atoms with E-state index in [2.05, 4.69) is 17.4 Å². The third kappa shape index (κ3) is 3.38. The first-order valence-corrected chi connectivity index (χ1v) is 6.88. The second kappa shape index (κ2) is 7.08. The first-order valence-electron chi connectivity index (χ1n) is 6.88. The van der Waals surface area contributed by atoms with Crippen molar-refractivity contribution in [2.24, 2.45) is 0 Å². The molecule has 0 aliphatic carbocycles. The predicted octanol–water partition coefficient (Wildman–Crippen LogP) is 2.63. The minimum absolute atomic E-state index is 0.0131. The molecule has 106 valence electrons. The van der Waals surface area contributed by atoms with Crippen molar-refractivity contribution in [3.8, 4) is 5.75 Å². The lowest BCUT2D eigenvalue weighted by molar-refractivity contribution is 0.281. The van der Waals surface area contributed by atoms with E-state index in [1.165, 1.54) is 5.56 Å². The van der Waals surface area contributed by atoms with E-state index in [1.807, 2.05) is 31.3 Å². The zero-order valence-electron chi connectivity index (χ0n) is 11.7. The molecule has 3 nitrogen and oxygen atoms in total. The van der Waals surface area contributed by atoms with Crippen molar-refractivity contribution in [2.75, 3.05) is 13.6 Å². The van der Waals surface area contributed by atoms with Crippen LogP contribution in [-0.2, 0) is 6.61 Å². The summed E-state index contributed by atoms with van der Waals surface area (Å²) in [7, 11) is 1.92. The number of phenolic OH excluding ortho intramolecular Hbond substituents is 1. The van der Waals surface area contributed by atoms with E-state index in [0.29, 0.717) is 0 Å². The molecule has 20 heavy (non-hydrogen) atoms. The molecule has 0 fully saturated rings. The third-order valence-electron chi connectivity index (χ3n) is 3.53. The first-order chi connectivity index (χ1) is 9.76. The molecule has 2 aromatic carbocycles. The van der Waals surface area contributed by atoms with Gasteiger partial charge in [0.1, 0.15) is 5.75 Å². The maximum atomic E-state index is 10.2. The van der Waals surface area contributed by atoms with Crippen molar-refractivity contribution >= 4 is 0 Å². The van der Waals surface area contributed by atoms with Crippen LogP contribution in [0, 0.1) is 0 Å². The molecule has 3 N–H and O–H groups in total. The fourth-order valence-electron chi connectivity index (χ4n) is 2.46. The lowest BCUT2D eigenvalue weighted by atomic mass is 9.87. The summed E-state index contributed by atoms with van der Waals surface area (Å²) in [5.41, 5.74) is 2.87. The summed E-state index contributed by atoms with van der Waals surface area (Å²) in [5, 5.41) is 22.6. The largest absolute Gasteiger partial charge is 0.508 e. The highest BCUT2D eigenvalue weighted by atomic mass is 16.3. The molecule has 0 saturated heterocycles. The predicted molar refractivity (Wildman–Crippen MR) is 80.9 cm³/mol. The molecule has 0 spiro atoms. The Morgan fingerprint density at radius 3 is 2.50 bits per heavy atom. The van der Waals surface area contributed by atoms with Gasteiger partial charge in [-0.15, -0.1) is 0 Å². The van der Waals surface area contributed by atoms with Crippen LogP contribution in [-0.4, -0.2) is 23.8 Å². The summed E-state index contributed by atoms with van der Waals surface area (Å²) < 4.78 is 0. The van der Waals surface area contributed by atoms with Crippen molar-refractivity contribution in [3.63, 3.8) is 0 Å². The van der Waals surface area contributed by atoms with Gasteiger partial charge in [-0.25, -0.2) is 0 Å². The van der Waals surface area contributed by atoms with Gasteiger partial charge in [-0.3, -0.25) is 0 Å². The number of hydrogen-bond donors (Lipinski definition) is 3. The summed E-state index contributed by atoms with van der Waals surface area (Å²) in [4.78, 5) is 0. The molecular weight excluding hydrogens is 250 g/mol. The van der Waals surface area contributed by atoms with E-state index in [4.69, 9.17) is 0 Å². The quantitative estimate of drug-likeness (QED) is 0.757. The van der Waals surface area contributed by atoms with Crippen molar-refractivity contribution in [2.45, 2.75) is 18.9 Å². The van der Waals surface area contributed by atoms with Crippen LogP contribution < -0.4 is 5.32 Å². The molecule has 0 bridgehead atoms. The van der Waals surface area contributed by atoms with Gasteiger partial charge in [0.2, 0.25) is 0 Å². The second-order valence-corrected chi connectivity index (χ2v) is 4.91. The molecule has 0 saturated carbocycles. The number of aromatic hydroxyl groups is 1. The normalized spacial score (nSPS) is 12.3. The molecular formula is C17H21NO2. The topological polar surface area (TPSA) is 52.5 Å². The summed E-state index contributed by atoms with van der Waals surface area (Å²) in [5.74, 6) is 0.405. The first kappa shape index (κ1) is 14.6. The van der Waals surface area contributed by atoms with E-state index in [0.717, 1.165) is 24.1 Å². The summed E-state index contributed by atoms with van der Waals surface area (Å²) in [6.45, 7) is 0.850. The van der Waals surface area contributed by atoms with Crippen LogP contribution in [0.2, 0.25) is 0 Å². The van der Waals surface area contributed by atoms with E-state index < -0.39 is 0 Å². The van der Waals surface area contributed by atoms with Crippen LogP contribution in [0.4, 0.5) is 0 Å². The zero-order valence-corrected chi connectivity index (χ0v) is 11.7. The van der Waals surface area contributed by atoms with Crippen molar-refractivity contribution in [3.05, 3.63) is 65.2 Å². The lowest BCUT2D eigenvalue weighted by Gasteiger charge is -2.20. The number of aliphatic hydroxyl groups is 1. The number of aliphatic hydroxyl groups excluding tert-OH is 1. The Morgan fingerprint density at radius 1 is 1.10 bits per heavy atom. The molecule has 2 rings (SSSR count). The van der Waals surface area contributed by atoms with Crippen LogP contribution in [0.25, 0.3) is 0 Å². The molecule has 0 amide bonds. The smallest absolute Gasteiger partial charge is 0.119 e. The number of nitrogens with one attached hydrogen (secondary N) is 1. The van der Waals surface area contributed by atoms with Crippen LogP contribution in [0.15, 0.2) is 48.5 Å². The summed E-state index contributed by atoms with van der Waals surface area (Å²) >= 11 is 0. The van der Waals surface area contributed by atoms with E-state index in [-0.39, 0.29) is 18.3 Å². The second-order valence-electron chi connectivity index (χ2n) is 4.91. The molecule has 0 aliphatic heterocycles. The van der Waals surface area contributed by atoms with Crippen molar-refractivity contribution in [1.29, 1.82) is 0 Å². The number of phenols is 1. The van der Waals surface area contributed by atoms with Crippen molar-refractivity contribution < 1.29 is 10.2 Å². The van der Waals surface area contributed by atoms with Gasteiger partial charge in [-0.2, -0.15) is 0 Å². The molecule has 3 heteroatoms. The summed E-state index contributed by atoms with van der Waals surface area (Å²) in [6, 6.07) is 15.5. The molecule has 0 aliphatic rings. The summed E-state index contributed by atoms with van der Waals surface area (Å²) in [6.07, 6.45) is 0.892. The Hall–Kier alpha value is -1.84. The highest BCUT2D eigenvalue weighted by Gasteiger charge is 2.17. The molecule has 1 unspecified atom stereocenters. The van der Waals surface area contributed by atoms with E-state index >= 15 is 0 Å². The Kier molecular flexibility index (Phi) is 5.16. The fourth-order valence-corrected chi connectivity index (χ4v) is 2.46. The van der Waals surface area contributed by atoms with Crippen LogP contribution >= 0.6 is 0 Å². The average Bonchev–Trinajstić information content (AvgIpc) is 2.50. The highest BCUT2D eigenvalue weighted by Crippen LogP contribution is 2.34.